The van der Waals surface area contributed by atoms with E-state index in [2.05, 4.69) is 20.5 Å². The molecule has 0 bridgehead atoms. The molecule has 0 radical (unpaired) electrons. The van der Waals surface area contributed by atoms with Gasteiger partial charge in [0, 0.05) is 11.8 Å². The predicted octanol–water partition coefficient (Wildman–Crippen LogP) is -0.449. The van der Waals surface area contributed by atoms with Gasteiger partial charge in [-0.05, 0) is 6.42 Å². The number of primary amides is 1. The number of H-pyrrole nitrogens is 1. The molecule has 0 unspecified atom stereocenters. The molecule has 0 saturated carbocycles. The minimum atomic E-state index is -1.25. The van der Waals surface area contributed by atoms with E-state index in [9.17, 15) is 14.4 Å². The van der Waals surface area contributed by atoms with Gasteiger partial charge in [-0.15, -0.1) is 5.10 Å². The number of carbonyl (C=O) groups excluding carboxylic acids is 2. The largest absolute Gasteiger partial charge is 0.480 e. The van der Waals surface area contributed by atoms with Gasteiger partial charge in [-0.25, -0.2) is 9.78 Å². The minimum Gasteiger partial charge on any atom is -0.480 e. The van der Waals surface area contributed by atoms with Gasteiger partial charge in [0.2, 0.25) is 11.7 Å². The minimum absolute atomic E-state index is 0.0903. The topological polar surface area (TPSA) is 151 Å². The Labute approximate surface area is 121 Å². The molecule has 0 fully saturated rings. The van der Waals surface area contributed by atoms with E-state index >= 15 is 0 Å². The van der Waals surface area contributed by atoms with Crippen LogP contribution in [0.4, 0.5) is 0 Å². The number of nitrogens with one attached hydrogen (secondary N) is 2. The molecule has 9 nitrogen and oxygen atoms in total. The molecule has 5 N–H and O–H groups in total. The van der Waals surface area contributed by atoms with Crippen molar-refractivity contribution in [1.29, 1.82) is 0 Å². The Hall–Kier alpha value is -2.45. The van der Waals surface area contributed by atoms with Gasteiger partial charge >= 0.3 is 5.97 Å². The van der Waals surface area contributed by atoms with Crippen LogP contribution in [0.25, 0.3) is 0 Å². The Morgan fingerprint density at radius 3 is 2.43 bits per heavy atom. The van der Waals surface area contributed by atoms with Crippen molar-refractivity contribution in [3.05, 3.63) is 11.6 Å². The van der Waals surface area contributed by atoms with Crippen LogP contribution in [0, 0.1) is 0 Å². The number of carboxylic acid groups (broad SMARTS) is 1. The summed E-state index contributed by atoms with van der Waals surface area (Å²) in [7, 11) is 0. The smallest absolute Gasteiger partial charge is 0.326 e. The average Bonchev–Trinajstić information content (AvgIpc) is 2.82. The molecule has 21 heavy (non-hydrogen) atoms. The van der Waals surface area contributed by atoms with Crippen LogP contribution in [-0.4, -0.2) is 44.1 Å². The molecule has 9 heteroatoms. The van der Waals surface area contributed by atoms with E-state index in [1.54, 1.807) is 0 Å². The molecular formula is C12H19N5O4. The zero-order valence-electron chi connectivity index (χ0n) is 12.1. The van der Waals surface area contributed by atoms with Crippen molar-refractivity contribution in [3.63, 3.8) is 0 Å². The first-order chi connectivity index (χ1) is 9.61. The number of aliphatic carboxylic acids is 1. The SMILES string of the molecule is CC(C)(C)c1nc(C(=O)N[C@@H](CCC(N)=O)C(=O)O)n[nH]1. The molecule has 0 aromatic carbocycles. The molecule has 1 aromatic rings. The van der Waals surface area contributed by atoms with Gasteiger partial charge in [0.25, 0.3) is 5.91 Å². The highest BCUT2D eigenvalue weighted by Crippen LogP contribution is 2.17. The van der Waals surface area contributed by atoms with Gasteiger partial charge < -0.3 is 16.2 Å². The van der Waals surface area contributed by atoms with E-state index in [4.69, 9.17) is 10.8 Å². The molecule has 0 aliphatic rings. The monoisotopic (exact) mass is 297 g/mol. The lowest BCUT2D eigenvalue weighted by Crippen LogP contribution is -2.41. The average molecular weight is 297 g/mol. The summed E-state index contributed by atoms with van der Waals surface area (Å²) >= 11 is 0. The normalized spacial score (nSPS) is 12.7. The highest BCUT2D eigenvalue weighted by Gasteiger charge is 2.25. The van der Waals surface area contributed by atoms with E-state index in [1.807, 2.05) is 20.8 Å². The first-order valence-corrected chi connectivity index (χ1v) is 6.36. The summed E-state index contributed by atoms with van der Waals surface area (Å²) in [6.45, 7) is 5.67. The summed E-state index contributed by atoms with van der Waals surface area (Å²) in [5, 5.41) is 17.7. The first-order valence-electron chi connectivity index (χ1n) is 6.36. The van der Waals surface area contributed by atoms with Gasteiger partial charge in [0.05, 0.1) is 0 Å². The quantitative estimate of drug-likeness (QED) is 0.558. The summed E-state index contributed by atoms with van der Waals surface area (Å²) in [4.78, 5) is 37.6. The van der Waals surface area contributed by atoms with Crippen molar-refractivity contribution in [3.8, 4) is 0 Å². The fourth-order valence-electron chi connectivity index (χ4n) is 1.47. The number of rotatable bonds is 6. The fourth-order valence-corrected chi connectivity index (χ4v) is 1.47. The van der Waals surface area contributed by atoms with Crippen LogP contribution in [0.1, 0.15) is 50.1 Å². The lowest BCUT2D eigenvalue weighted by atomic mass is 9.96. The van der Waals surface area contributed by atoms with Crippen LogP contribution in [0.3, 0.4) is 0 Å². The zero-order chi connectivity index (χ0) is 16.2. The van der Waals surface area contributed by atoms with E-state index < -0.39 is 23.8 Å². The second-order valence-corrected chi connectivity index (χ2v) is 5.63. The molecule has 0 saturated heterocycles. The summed E-state index contributed by atoms with van der Waals surface area (Å²) < 4.78 is 0. The third-order valence-corrected chi connectivity index (χ3v) is 2.68. The standard InChI is InChI=1S/C12H19N5O4/c1-12(2,3)11-15-8(16-17-11)9(19)14-6(10(20)21)4-5-7(13)18/h6H,4-5H2,1-3H3,(H2,13,18)(H,14,19)(H,20,21)(H,15,16,17)/t6-/m0/s1. The van der Waals surface area contributed by atoms with E-state index in [0.717, 1.165) is 0 Å². The van der Waals surface area contributed by atoms with E-state index in [-0.39, 0.29) is 24.1 Å². The van der Waals surface area contributed by atoms with Crippen LogP contribution in [-0.2, 0) is 15.0 Å². The van der Waals surface area contributed by atoms with Crippen LogP contribution >= 0.6 is 0 Å². The molecule has 2 amide bonds. The van der Waals surface area contributed by atoms with Crippen LogP contribution in [0.5, 0.6) is 0 Å². The van der Waals surface area contributed by atoms with Crippen molar-refractivity contribution in [2.45, 2.75) is 45.1 Å². The molecule has 1 heterocycles. The van der Waals surface area contributed by atoms with E-state index in [1.165, 1.54) is 0 Å². The number of carbonyl (C=O) groups is 3. The van der Waals surface area contributed by atoms with Crippen molar-refractivity contribution in [1.82, 2.24) is 20.5 Å². The number of nitrogens with zero attached hydrogens (tertiary/aromatic N) is 2. The second-order valence-electron chi connectivity index (χ2n) is 5.63. The zero-order valence-corrected chi connectivity index (χ0v) is 12.1. The fraction of sp³-hybridized carbons (Fsp3) is 0.583. The maximum atomic E-state index is 11.9. The summed E-state index contributed by atoms with van der Waals surface area (Å²) in [5.74, 6) is -2.25. The number of hydrogen-bond acceptors (Lipinski definition) is 5. The Morgan fingerprint density at radius 2 is 2.00 bits per heavy atom. The van der Waals surface area contributed by atoms with Gasteiger partial charge in [0.15, 0.2) is 0 Å². The van der Waals surface area contributed by atoms with Crippen LogP contribution < -0.4 is 11.1 Å². The number of aromatic nitrogens is 3. The van der Waals surface area contributed by atoms with Crippen molar-refractivity contribution < 1.29 is 19.5 Å². The van der Waals surface area contributed by atoms with Crippen molar-refractivity contribution >= 4 is 17.8 Å². The lowest BCUT2D eigenvalue weighted by Gasteiger charge is -2.13. The third-order valence-electron chi connectivity index (χ3n) is 2.68. The van der Waals surface area contributed by atoms with Gasteiger partial charge in [0.1, 0.15) is 11.9 Å². The Balaban J connectivity index is 2.75. The third kappa shape index (κ3) is 4.86. The van der Waals surface area contributed by atoms with Gasteiger partial charge in [-0.3, -0.25) is 14.7 Å². The molecule has 1 atom stereocenters. The van der Waals surface area contributed by atoms with Gasteiger partial charge in [-0.1, -0.05) is 20.8 Å². The Kier molecular flexibility index (Phi) is 5.01. The van der Waals surface area contributed by atoms with Crippen molar-refractivity contribution in [2.75, 3.05) is 0 Å². The summed E-state index contributed by atoms with van der Waals surface area (Å²) in [6, 6.07) is -1.22. The number of amides is 2. The number of nitrogens with two attached hydrogens (primary N) is 1. The molecule has 0 spiro atoms. The van der Waals surface area contributed by atoms with Crippen LogP contribution in [0.15, 0.2) is 0 Å². The Morgan fingerprint density at radius 1 is 1.38 bits per heavy atom. The van der Waals surface area contributed by atoms with E-state index in [0.29, 0.717) is 5.82 Å². The first kappa shape index (κ1) is 16.6. The molecular weight excluding hydrogens is 278 g/mol. The van der Waals surface area contributed by atoms with Gasteiger partial charge in [-0.2, -0.15) is 0 Å². The highest BCUT2D eigenvalue weighted by atomic mass is 16.4. The number of aromatic amines is 1. The summed E-state index contributed by atoms with van der Waals surface area (Å²) in [6.07, 6.45) is -0.231. The maximum absolute atomic E-state index is 11.9. The second kappa shape index (κ2) is 6.33. The van der Waals surface area contributed by atoms with Crippen LogP contribution in [0.2, 0.25) is 0 Å². The number of hydrogen-bond donors (Lipinski definition) is 4. The molecule has 1 aromatic heterocycles. The Bertz CT molecular complexity index is 546. The molecule has 116 valence electrons. The highest BCUT2D eigenvalue weighted by molar-refractivity contribution is 5.93. The predicted molar refractivity (Wildman–Crippen MR) is 72.4 cm³/mol. The van der Waals surface area contributed by atoms with Crippen molar-refractivity contribution in [2.24, 2.45) is 5.73 Å². The summed E-state index contributed by atoms with van der Waals surface area (Å²) in [5.41, 5.74) is 4.64. The molecule has 0 aliphatic carbocycles. The molecule has 1 rings (SSSR count). The number of carboxylic acids is 1. The maximum Gasteiger partial charge on any atom is 0.326 e. The molecule has 0 aliphatic heterocycles. The lowest BCUT2D eigenvalue weighted by molar-refractivity contribution is -0.139.